The van der Waals surface area contributed by atoms with Gasteiger partial charge in [0.2, 0.25) is 0 Å². The number of rotatable bonds is 0. The van der Waals surface area contributed by atoms with Gasteiger partial charge in [0.1, 0.15) is 0 Å². The molecular formula is C13H17N. The lowest BCUT2D eigenvalue weighted by molar-refractivity contribution is 0.249. The standard InChI is InChI=1S/C13H17N/c1-13-6-7-14-11(9-13)8-10-4-2-3-5-12(10)13/h2-5,11,14H,6-9H2,1H3. The third kappa shape index (κ3) is 1.12. The summed E-state index contributed by atoms with van der Waals surface area (Å²) < 4.78 is 0. The molecule has 1 aromatic carbocycles. The summed E-state index contributed by atoms with van der Waals surface area (Å²) in [5, 5.41) is 3.62. The van der Waals surface area contributed by atoms with Gasteiger partial charge in [0.25, 0.3) is 0 Å². The van der Waals surface area contributed by atoms with Gasteiger partial charge in [0.15, 0.2) is 0 Å². The summed E-state index contributed by atoms with van der Waals surface area (Å²) in [7, 11) is 0. The van der Waals surface area contributed by atoms with Crippen molar-refractivity contribution in [2.75, 3.05) is 6.54 Å². The van der Waals surface area contributed by atoms with Crippen LogP contribution in [0.25, 0.3) is 0 Å². The fourth-order valence-electron chi connectivity index (χ4n) is 3.21. The molecule has 2 unspecified atom stereocenters. The highest BCUT2D eigenvalue weighted by molar-refractivity contribution is 5.38. The molecule has 0 aromatic heterocycles. The molecule has 2 bridgehead atoms. The number of hydrogen-bond acceptors (Lipinski definition) is 1. The van der Waals surface area contributed by atoms with Crippen LogP contribution in [0, 0.1) is 0 Å². The van der Waals surface area contributed by atoms with E-state index in [0.29, 0.717) is 5.41 Å². The first-order chi connectivity index (χ1) is 6.78. The average Bonchev–Trinajstić information content (AvgIpc) is 2.17. The van der Waals surface area contributed by atoms with Crippen LogP contribution < -0.4 is 5.32 Å². The van der Waals surface area contributed by atoms with Gasteiger partial charge in [-0.2, -0.15) is 0 Å². The Kier molecular flexibility index (Phi) is 1.72. The Morgan fingerprint density at radius 2 is 2.21 bits per heavy atom. The zero-order valence-electron chi connectivity index (χ0n) is 8.72. The summed E-state index contributed by atoms with van der Waals surface area (Å²) in [6.07, 6.45) is 3.84. The van der Waals surface area contributed by atoms with E-state index >= 15 is 0 Å². The fraction of sp³-hybridized carbons (Fsp3) is 0.538. The molecule has 14 heavy (non-hydrogen) atoms. The van der Waals surface area contributed by atoms with Crippen LogP contribution in [0.4, 0.5) is 0 Å². The van der Waals surface area contributed by atoms with Gasteiger partial charge in [-0.05, 0) is 42.3 Å². The Balaban J connectivity index is 2.13. The molecule has 0 amide bonds. The lowest BCUT2D eigenvalue weighted by Gasteiger charge is -2.44. The lowest BCUT2D eigenvalue weighted by atomic mass is 9.66. The number of hydrogen-bond donors (Lipinski definition) is 1. The Labute approximate surface area is 85.5 Å². The first-order valence-corrected chi connectivity index (χ1v) is 5.60. The SMILES string of the molecule is CC12CCNC(Cc3ccccc31)C2. The minimum atomic E-state index is 0.449. The Morgan fingerprint density at radius 1 is 1.36 bits per heavy atom. The number of benzene rings is 1. The highest BCUT2D eigenvalue weighted by Gasteiger charge is 2.38. The van der Waals surface area contributed by atoms with Gasteiger partial charge in [-0.25, -0.2) is 0 Å². The summed E-state index contributed by atoms with van der Waals surface area (Å²) in [5.41, 5.74) is 3.63. The van der Waals surface area contributed by atoms with E-state index in [1.807, 2.05) is 0 Å². The molecule has 2 aliphatic rings. The molecule has 1 N–H and O–H groups in total. The third-order valence-electron chi connectivity index (χ3n) is 3.94. The van der Waals surface area contributed by atoms with Crippen molar-refractivity contribution in [3.8, 4) is 0 Å². The number of fused-ring (bicyclic) bond motifs is 4. The lowest BCUT2D eigenvalue weighted by Crippen LogP contribution is -2.49. The second kappa shape index (κ2) is 2.83. The minimum Gasteiger partial charge on any atom is -0.314 e. The topological polar surface area (TPSA) is 12.0 Å². The van der Waals surface area contributed by atoms with Crippen molar-refractivity contribution in [1.82, 2.24) is 5.32 Å². The molecule has 0 spiro atoms. The summed E-state index contributed by atoms with van der Waals surface area (Å²) in [6.45, 7) is 3.62. The van der Waals surface area contributed by atoms with Crippen LogP contribution in [-0.2, 0) is 11.8 Å². The summed E-state index contributed by atoms with van der Waals surface area (Å²) in [6, 6.07) is 9.71. The highest BCUT2D eigenvalue weighted by atomic mass is 14.9. The summed E-state index contributed by atoms with van der Waals surface area (Å²) >= 11 is 0. The van der Waals surface area contributed by atoms with Crippen LogP contribution in [0.5, 0.6) is 0 Å². The fourth-order valence-corrected chi connectivity index (χ4v) is 3.21. The Bertz CT molecular complexity index is 358. The Hall–Kier alpha value is -0.820. The van der Waals surface area contributed by atoms with E-state index in [1.54, 1.807) is 11.1 Å². The van der Waals surface area contributed by atoms with Crippen molar-refractivity contribution in [1.29, 1.82) is 0 Å². The zero-order chi connectivity index (χ0) is 9.60. The average molecular weight is 187 g/mol. The summed E-state index contributed by atoms with van der Waals surface area (Å²) in [4.78, 5) is 0. The largest absolute Gasteiger partial charge is 0.314 e. The van der Waals surface area contributed by atoms with Crippen molar-refractivity contribution in [3.05, 3.63) is 35.4 Å². The monoisotopic (exact) mass is 187 g/mol. The molecule has 1 aliphatic heterocycles. The number of piperidine rings is 1. The second-order valence-electron chi connectivity index (χ2n) is 5.03. The normalized spacial score (nSPS) is 35.1. The van der Waals surface area contributed by atoms with E-state index in [4.69, 9.17) is 0 Å². The molecule has 1 heterocycles. The van der Waals surface area contributed by atoms with Crippen molar-refractivity contribution in [2.24, 2.45) is 0 Å². The van der Waals surface area contributed by atoms with Gasteiger partial charge in [-0.3, -0.25) is 0 Å². The van der Waals surface area contributed by atoms with E-state index < -0.39 is 0 Å². The molecule has 1 fully saturated rings. The highest BCUT2D eigenvalue weighted by Crippen LogP contribution is 2.41. The van der Waals surface area contributed by atoms with Gasteiger partial charge in [-0.15, -0.1) is 0 Å². The van der Waals surface area contributed by atoms with Crippen molar-refractivity contribution in [3.63, 3.8) is 0 Å². The van der Waals surface area contributed by atoms with Crippen LogP contribution in [0.1, 0.15) is 30.9 Å². The van der Waals surface area contributed by atoms with Crippen molar-refractivity contribution >= 4 is 0 Å². The molecule has 3 rings (SSSR count). The van der Waals surface area contributed by atoms with Gasteiger partial charge < -0.3 is 5.32 Å². The first kappa shape index (κ1) is 8.49. The molecule has 1 nitrogen and oxygen atoms in total. The smallest absolute Gasteiger partial charge is 0.0116 e. The first-order valence-electron chi connectivity index (χ1n) is 5.60. The molecule has 1 heteroatoms. The predicted octanol–water partition coefficient (Wildman–Crippen LogP) is 2.25. The minimum absolute atomic E-state index is 0.449. The van der Waals surface area contributed by atoms with Crippen LogP contribution in [-0.4, -0.2) is 12.6 Å². The molecule has 2 atom stereocenters. The van der Waals surface area contributed by atoms with Gasteiger partial charge in [0.05, 0.1) is 0 Å². The van der Waals surface area contributed by atoms with Crippen molar-refractivity contribution < 1.29 is 0 Å². The summed E-state index contributed by atoms with van der Waals surface area (Å²) in [5.74, 6) is 0. The van der Waals surface area contributed by atoms with E-state index in [1.165, 1.54) is 25.8 Å². The molecular weight excluding hydrogens is 170 g/mol. The zero-order valence-corrected chi connectivity index (χ0v) is 8.72. The van der Waals surface area contributed by atoms with Gasteiger partial charge in [0, 0.05) is 6.04 Å². The molecule has 0 saturated carbocycles. The Morgan fingerprint density at radius 3 is 3.14 bits per heavy atom. The molecule has 0 radical (unpaired) electrons. The van der Waals surface area contributed by atoms with Gasteiger partial charge >= 0.3 is 0 Å². The maximum Gasteiger partial charge on any atom is 0.0116 e. The predicted molar refractivity (Wildman–Crippen MR) is 58.5 cm³/mol. The van der Waals surface area contributed by atoms with E-state index in [0.717, 1.165) is 6.04 Å². The van der Waals surface area contributed by atoms with Crippen LogP contribution in [0.2, 0.25) is 0 Å². The van der Waals surface area contributed by atoms with E-state index in [2.05, 4.69) is 36.5 Å². The third-order valence-corrected chi connectivity index (χ3v) is 3.94. The van der Waals surface area contributed by atoms with E-state index in [9.17, 15) is 0 Å². The van der Waals surface area contributed by atoms with Crippen LogP contribution in [0.15, 0.2) is 24.3 Å². The maximum absolute atomic E-state index is 3.62. The van der Waals surface area contributed by atoms with Gasteiger partial charge in [-0.1, -0.05) is 31.2 Å². The molecule has 74 valence electrons. The molecule has 1 aromatic rings. The van der Waals surface area contributed by atoms with E-state index in [-0.39, 0.29) is 0 Å². The quantitative estimate of drug-likeness (QED) is 0.657. The maximum atomic E-state index is 3.62. The number of nitrogens with one attached hydrogen (secondary N) is 1. The van der Waals surface area contributed by atoms with Crippen LogP contribution >= 0.6 is 0 Å². The second-order valence-corrected chi connectivity index (χ2v) is 5.03. The molecule has 1 aliphatic carbocycles. The molecule has 1 saturated heterocycles. The van der Waals surface area contributed by atoms with Crippen molar-refractivity contribution in [2.45, 2.75) is 37.6 Å². The van der Waals surface area contributed by atoms with Crippen LogP contribution in [0.3, 0.4) is 0 Å².